The Hall–Kier alpha value is -1.94. The largest absolute Gasteiger partial charge is 0.472 e. The van der Waals surface area contributed by atoms with Gasteiger partial charge in [0, 0.05) is 25.7 Å². The van der Waals surface area contributed by atoms with E-state index in [4.69, 9.17) is 37.0 Å². The smallest absolute Gasteiger partial charge is 0.462 e. The van der Waals surface area contributed by atoms with Crippen molar-refractivity contribution in [3.8, 4) is 0 Å². The molecule has 0 amide bonds. The van der Waals surface area contributed by atoms with Crippen LogP contribution in [0.1, 0.15) is 383 Å². The first kappa shape index (κ1) is 93.1. The maximum absolute atomic E-state index is 13.1. The lowest BCUT2D eigenvalue weighted by molar-refractivity contribution is -0.161. The van der Waals surface area contributed by atoms with Crippen LogP contribution in [0, 0.1) is 23.7 Å². The molecule has 0 radical (unpaired) electrons. The maximum Gasteiger partial charge on any atom is 0.472 e. The van der Waals surface area contributed by atoms with E-state index >= 15 is 0 Å². The second kappa shape index (κ2) is 65.4. The number of ether oxygens (including phenoxy) is 4. The first-order chi connectivity index (χ1) is 45.6. The molecular weight excluding hydrogens is 1250 g/mol. The third-order valence-corrected chi connectivity index (χ3v) is 19.5. The van der Waals surface area contributed by atoms with Crippen LogP contribution in [0.3, 0.4) is 0 Å². The summed E-state index contributed by atoms with van der Waals surface area (Å²) in [4.78, 5) is 72.8. The molecule has 0 heterocycles. The zero-order valence-corrected chi connectivity index (χ0v) is 64.1. The molecule has 0 bridgehead atoms. The minimum absolute atomic E-state index is 0.105. The number of hydrogen-bond donors (Lipinski definition) is 3. The predicted molar refractivity (Wildman–Crippen MR) is 386 cm³/mol. The second-order valence-electron chi connectivity index (χ2n) is 29.3. The molecule has 0 rings (SSSR count). The Kier molecular flexibility index (Phi) is 64.0. The Labute approximate surface area is 581 Å². The van der Waals surface area contributed by atoms with Gasteiger partial charge < -0.3 is 33.8 Å². The van der Waals surface area contributed by atoms with Gasteiger partial charge in [-0.3, -0.25) is 37.3 Å². The number of hydrogen-bond acceptors (Lipinski definition) is 15. The lowest BCUT2D eigenvalue weighted by Gasteiger charge is -2.21. The Morgan fingerprint density at radius 1 is 0.263 bits per heavy atom. The van der Waals surface area contributed by atoms with Gasteiger partial charge in [0.25, 0.3) is 0 Å². The van der Waals surface area contributed by atoms with E-state index in [0.29, 0.717) is 31.6 Å². The fourth-order valence-electron chi connectivity index (χ4n) is 11.6. The second-order valence-corrected chi connectivity index (χ2v) is 32.2. The molecule has 0 aromatic heterocycles. The van der Waals surface area contributed by atoms with Crippen molar-refractivity contribution in [2.75, 3.05) is 39.6 Å². The van der Waals surface area contributed by atoms with Crippen molar-refractivity contribution in [1.82, 2.24) is 0 Å². The average Bonchev–Trinajstić information content (AvgIpc) is 1.95. The normalized spacial score (nSPS) is 14.1. The highest BCUT2D eigenvalue weighted by atomic mass is 31.2. The Morgan fingerprint density at radius 2 is 0.442 bits per heavy atom. The van der Waals surface area contributed by atoms with Crippen LogP contribution in [-0.2, 0) is 65.4 Å². The van der Waals surface area contributed by atoms with Gasteiger partial charge in [-0.15, -0.1) is 0 Å². The number of unbranched alkanes of at least 4 members (excludes halogenated alkanes) is 39. The maximum atomic E-state index is 13.1. The summed E-state index contributed by atoms with van der Waals surface area (Å²) in [5.41, 5.74) is 0. The standard InChI is InChI=1S/C76H148O17P2/c1-66(2)52-44-36-28-22-17-13-11-9-10-12-14-19-25-31-40-48-56-73(78)86-62-71(92-76(81)59-51-43-33-27-21-24-30-38-46-54-68(5)6)64-90-94(82,83)88-60-70(77)61-89-95(84,85)91-65-72(63-87-74(79)57-49-41-35-34-39-47-55-69(7)8)93-75(80)58-50-42-32-26-20-16-15-18-23-29-37-45-53-67(3)4/h66-72,77H,9-65H2,1-8H3,(H,82,83)(H,84,85)/t70-,71-,72-/m1/s1. The van der Waals surface area contributed by atoms with Gasteiger partial charge in [0.05, 0.1) is 26.4 Å². The Bertz CT molecular complexity index is 1870. The average molecular weight is 1400 g/mol. The van der Waals surface area contributed by atoms with Crippen LogP contribution in [0.25, 0.3) is 0 Å². The summed E-state index contributed by atoms with van der Waals surface area (Å²) in [6, 6.07) is 0. The van der Waals surface area contributed by atoms with E-state index in [-0.39, 0.29) is 25.7 Å². The quantitative estimate of drug-likeness (QED) is 0.0222. The number of aliphatic hydroxyl groups excluding tert-OH is 1. The van der Waals surface area contributed by atoms with Crippen LogP contribution in [-0.4, -0.2) is 96.7 Å². The number of phosphoric ester groups is 2. The topological polar surface area (TPSA) is 237 Å². The molecule has 0 saturated carbocycles. The molecule has 95 heavy (non-hydrogen) atoms. The van der Waals surface area contributed by atoms with E-state index in [2.05, 4.69) is 55.4 Å². The molecule has 0 aliphatic heterocycles. The van der Waals surface area contributed by atoms with Crippen molar-refractivity contribution in [3.63, 3.8) is 0 Å². The van der Waals surface area contributed by atoms with Crippen molar-refractivity contribution < 1.29 is 80.2 Å². The predicted octanol–water partition coefficient (Wildman–Crippen LogP) is 22.0. The number of aliphatic hydroxyl groups is 1. The van der Waals surface area contributed by atoms with Crippen LogP contribution in [0.15, 0.2) is 0 Å². The van der Waals surface area contributed by atoms with Crippen molar-refractivity contribution in [2.45, 2.75) is 401 Å². The minimum Gasteiger partial charge on any atom is -0.462 e. The molecule has 0 fully saturated rings. The number of carbonyl (C=O) groups is 4. The summed E-state index contributed by atoms with van der Waals surface area (Å²) in [6.07, 6.45) is 50.2. The molecule has 17 nitrogen and oxygen atoms in total. The summed E-state index contributed by atoms with van der Waals surface area (Å²) in [5, 5.41) is 10.6. The molecule has 5 atom stereocenters. The number of esters is 4. The SMILES string of the molecule is CC(C)CCCCCCCCCCCCCCCCCCC(=O)OC[C@H](COP(=O)(O)OC[C@@H](O)COP(=O)(O)OC[C@@H](COC(=O)CCCCCCCCC(C)C)OC(=O)CCCCCCCCCCCCCCC(C)C)OC(=O)CCCCCCCCCCCC(C)C. The summed E-state index contributed by atoms with van der Waals surface area (Å²) in [6.45, 7) is 14.1. The fourth-order valence-corrected chi connectivity index (χ4v) is 13.1. The number of carbonyl (C=O) groups excluding carboxylic acids is 4. The highest BCUT2D eigenvalue weighted by Crippen LogP contribution is 2.45. The molecule has 2 unspecified atom stereocenters. The van der Waals surface area contributed by atoms with Gasteiger partial charge in [0.15, 0.2) is 12.2 Å². The van der Waals surface area contributed by atoms with Crippen molar-refractivity contribution in [3.05, 3.63) is 0 Å². The first-order valence-corrected chi connectivity index (χ1v) is 42.2. The fraction of sp³-hybridized carbons (Fsp3) is 0.947. The molecule has 0 saturated heterocycles. The van der Waals surface area contributed by atoms with Gasteiger partial charge in [-0.1, -0.05) is 331 Å². The summed E-state index contributed by atoms with van der Waals surface area (Å²) >= 11 is 0. The monoisotopic (exact) mass is 1400 g/mol. The number of phosphoric acid groups is 2. The van der Waals surface area contributed by atoms with E-state index in [9.17, 15) is 43.2 Å². The van der Waals surface area contributed by atoms with Crippen LogP contribution in [0.4, 0.5) is 0 Å². The molecule has 0 aromatic carbocycles. The summed E-state index contributed by atoms with van der Waals surface area (Å²) in [7, 11) is -9.91. The summed E-state index contributed by atoms with van der Waals surface area (Å²) < 4.78 is 68.5. The molecule has 0 spiro atoms. The van der Waals surface area contributed by atoms with Crippen molar-refractivity contribution in [1.29, 1.82) is 0 Å². The lowest BCUT2D eigenvalue weighted by atomic mass is 10.0. The first-order valence-electron chi connectivity index (χ1n) is 39.2. The van der Waals surface area contributed by atoms with Gasteiger partial charge in [0.1, 0.15) is 19.3 Å². The molecular formula is C76H148O17P2. The molecule has 564 valence electrons. The zero-order chi connectivity index (χ0) is 70.3. The zero-order valence-electron chi connectivity index (χ0n) is 62.3. The molecule has 0 aliphatic carbocycles. The molecule has 3 N–H and O–H groups in total. The highest BCUT2D eigenvalue weighted by molar-refractivity contribution is 7.47. The van der Waals surface area contributed by atoms with Gasteiger partial charge in [0.2, 0.25) is 0 Å². The highest BCUT2D eigenvalue weighted by Gasteiger charge is 2.30. The van der Waals surface area contributed by atoms with Gasteiger partial charge in [-0.05, 0) is 49.4 Å². The number of rotatable bonds is 73. The van der Waals surface area contributed by atoms with E-state index in [0.717, 1.165) is 114 Å². The van der Waals surface area contributed by atoms with Crippen LogP contribution in [0.2, 0.25) is 0 Å². The Balaban J connectivity index is 5.19. The van der Waals surface area contributed by atoms with Crippen molar-refractivity contribution in [2.24, 2.45) is 23.7 Å². The molecule has 19 heteroatoms. The lowest BCUT2D eigenvalue weighted by Crippen LogP contribution is -2.30. The van der Waals surface area contributed by atoms with Crippen molar-refractivity contribution >= 4 is 39.5 Å². The molecule has 0 aliphatic rings. The van der Waals surface area contributed by atoms with E-state index in [1.165, 1.54) is 180 Å². The van der Waals surface area contributed by atoms with E-state index in [1.54, 1.807) is 0 Å². The van der Waals surface area contributed by atoms with Gasteiger partial charge >= 0.3 is 39.5 Å². The van der Waals surface area contributed by atoms with Gasteiger partial charge in [-0.2, -0.15) is 0 Å². The minimum atomic E-state index is -4.96. The van der Waals surface area contributed by atoms with E-state index in [1.807, 2.05) is 0 Å². The van der Waals surface area contributed by atoms with Crippen LogP contribution >= 0.6 is 15.6 Å². The third kappa shape index (κ3) is 70.3. The van der Waals surface area contributed by atoms with Crippen LogP contribution in [0.5, 0.6) is 0 Å². The van der Waals surface area contributed by atoms with Gasteiger partial charge in [-0.25, -0.2) is 9.13 Å². The Morgan fingerprint density at radius 3 is 0.653 bits per heavy atom. The molecule has 0 aromatic rings. The van der Waals surface area contributed by atoms with Crippen LogP contribution < -0.4 is 0 Å². The third-order valence-electron chi connectivity index (χ3n) is 17.6. The van der Waals surface area contributed by atoms with E-state index < -0.39 is 97.5 Å². The summed E-state index contributed by atoms with van der Waals surface area (Å²) in [5.74, 6) is 0.882.